The highest BCUT2D eigenvalue weighted by atomic mass is 14.6. The summed E-state index contributed by atoms with van der Waals surface area (Å²) in [5.74, 6) is 0.569. The van der Waals surface area contributed by atoms with Gasteiger partial charge in [-0.3, -0.25) is 4.98 Å². The van der Waals surface area contributed by atoms with E-state index in [1.54, 1.807) is 0 Å². The van der Waals surface area contributed by atoms with E-state index in [0.29, 0.717) is 5.92 Å². The molecule has 1 aromatic heterocycles. The first kappa shape index (κ1) is 12.9. The normalized spacial score (nSPS) is 12.4. The van der Waals surface area contributed by atoms with E-state index in [0.717, 1.165) is 11.9 Å². The fourth-order valence-corrected chi connectivity index (χ4v) is 2.60. The first-order valence-electron chi connectivity index (χ1n) is 7.21. The van der Waals surface area contributed by atoms with Crippen LogP contribution in [0.2, 0.25) is 0 Å². The molecule has 1 heteroatoms. The number of hydrogen-bond acceptors (Lipinski definition) is 1. The third-order valence-corrected chi connectivity index (χ3v) is 3.90. The highest BCUT2D eigenvalue weighted by Gasteiger charge is 2.07. The van der Waals surface area contributed by atoms with Crippen LogP contribution in [0, 0.1) is 0 Å². The Balaban J connectivity index is 1.73. The number of pyridine rings is 1. The SMILES string of the molecule is CC(CCc1ccccc1)c1ccc2ncccc2c1. The monoisotopic (exact) mass is 261 g/mol. The van der Waals surface area contributed by atoms with Crippen LogP contribution in [-0.2, 0) is 6.42 Å². The Morgan fingerprint density at radius 3 is 2.65 bits per heavy atom. The summed E-state index contributed by atoms with van der Waals surface area (Å²) >= 11 is 0. The molecule has 0 spiro atoms. The van der Waals surface area contributed by atoms with Crippen molar-refractivity contribution in [3.8, 4) is 0 Å². The van der Waals surface area contributed by atoms with Gasteiger partial charge in [0, 0.05) is 11.6 Å². The summed E-state index contributed by atoms with van der Waals surface area (Å²) in [5, 5.41) is 1.23. The molecule has 2 aromatic carbocycles. The molecule has 0 N–H and O–H groups in total. The fraction of sp³-hybridized carbons (Fsp3) is 0.211. The molecule has 1 unspecified atom stereocenters. The van der Waals surface area contributed by atoms with Crippen LogP contribution in [0.3, 0.4) is 0 Å². The van der Waals surface area contributed by atoms with Crippen molar-refractivity contribution in [2.24, 2.45) is 0 Å². The number of aryl methyl sites for hydroxylation is 1. The van der Waals surface area contributed by atoms with Crippen LogP contribution in [0.15, 0.2) is 66.9 Å². The number of fused-ring (bicyclic) bond motifs is 1. The van der Waals surface area contributed by atoms with Crippen molar-refractivity contribution in [3.63, 3.8) is 0 Å². The van der Waals surface area contributed by atoms with E-state index in [4.69, 9.17) is 0 Å². The fourth-order valence-electron chi connectivity index (χ4n) is 2.60. The van der Waals surface area contributed by atoms with Crippen LogP contribution >= 0.6 is 0 Å². The van der Waals surface area contributed by atoms with Gasteiger partial charge in [-0.15, -0.1) is 0 Å². The van der Waals surface area contributed by atoms with E-state index in [1.165, 1.54) is 22.9 Å². The molecule has 1 atom stereocenters. The van der Waals surface area contributed by atoms with Crippen LogP contribution in [0.4, 0.5) is 0 Å². The van der Waals surface area contributed by atoms with Crippen molar-refractivity contribution in [2.45, 2.75) is 25.7 Å². The van der Waals surface area contributed by atoms with E-state index in [1.807, 2.05) is 12.3 Å². The predicted octanol–water partition coefficient (Wildman–Crippen LogP) is 4.97. The van der Waals surface area contributed by atoms with Gasteiger partial charge in [0.25, 0.3) is 0 Å². The van der Waals surface area contributed by atoms with Crippen LogP contribution in [0.5, 0.6) is 0 Å². The van der Waals surface area contributed by atoms with E-state index < -0.39 is 0 Å². The van der Waals surface area contributed by atoms with Crippen molar-refractivity contribution < 1.29 is 0 Å². The van der Waals surface area contributed by atoms with Gasteiger partial charge in [-0.2, -0.15) is 0 Å². The molecule has 1 heterocycles. The maximum absolute atomic E-state index is 4.38. The van der Waals surface area contributed by atoms with Gasteiger partial charge in [-0.1, -0.05) is 49.4 Å². The smallest absolute Gasteiger partial charge is 0.0702 e. The second kappa shape index (κ2) is 5.87. The van der Waals surface area contributed by atoms with Gasteiger partial charge >= 0.3 is 0 Å². The molecule has 0 aliphatic heterocycles. The molecule has 0 aliphatic rings. The molecule has 0 radical (unpaired) electrons. The molecule has 0 aliphatic carbocycles. The van der Waals surface area contributed by atoms with Crippen molar-refractivity contribution in [2.75, 3.05) is 0 Å². The summed E-state index contributed by atoms with van der Waals surface area (Å²) < 4.78 is 0. The maximum atomic E-state index is 4.38. The Labute approximate surface area is 120 Å². The van der Waals surface area contributed by atoms with Gasteiger partial charge in [0.1, 0.15) is 0 Å². The highest BCUT2D eigenvalue weighted by molar-refractivity contribution is 5.79. The summed E-state index contributed by atoms with van der Waals surface area (Å²) in [6.45, 7) is 2.31. The number of hydrogen-bond donors (Lipinski definition) is 0. The van der Waals surface area contributed by atoms with E-state index in [-0.39, 0.29) is 0 Å². The lowest BCUT2D eigenvalue weighted by Crippen LogP contribution is -1.96. The molecular weight excluding hydrogens is 242 g/mol. The quantitative estimate of drug-likeness (QED) is 0.646. The zero-order chi connectivity index (χ0) is 13.8. The Hall–Kier alpha value is -2.15. The summed E-state index contributed by atoms with van der Waals surface area (Å²) in [6, 6.07) is 21.5. The minimum atomic E-state index is 0.569. The van der Waals surface area contributed by atoms with Crippen LogP contribution in [0.1, 0.15) is 30.4 Å². The summed E-state index contributed by atoms with van der Waals surface area (Å²) in [7, 11) is 0. The van der Waals surface area contributed by atoms with Crippen molar-refractivity contribution in [3.05, 3.63) is 78.0 Å². The number of benzene rings is 2. The number of nitrogens with zero attached hydrogens (tertiary/aromatic N) is 1. The molecule has 3 aromatic rings. The number of rotatable bonds is 4. The molecule has 3 rings (SSSR count). The maximum Gasteiger partial charge on any atom is 0.0702 e. The van der Waals surface area contributed by atoms with Gasteiger partial charge in [0.15, 0.2) is 0 Å². The minimum Gasteiger partial charge on any atom is -0.256 e. The van der Waals surface area contributed by atoms with E-state index >= 15 is 0 Å². The van der Waals surface area contributed by atoms with Crippen LogP contribution in [0.25, 0.3) is 10.9 Å². The molecule has 0 saturated carbocycles. The minimum absolute atomic E-state index is 0.569. The molecule has 0 saturated heterocycles. The van der Waals surface area contributed by atoms with Crippen LogP contribution in [-0.4, -0.2) is 4.98 Å². The molecular formula is C19H19N. The molecule has 20 heavy (non-hydrogen) atoms. The van der Waals surface area contributed by atoms with E-state index in [9.17, 15) is 0 Å². The molecule has 0 bridgehead atoms. The Kier molecular flexibility index (Phi) is 3.78. The zero-order valence-electron chi connectivity index (χ0n) is 11.8. The van der Waals surface area contributed by atoms with Crippen molar-refractivity contribution in [1.82, 2.24) is 4.98 Å². The second-order valence-corrected chi connectivity index (χ2v) is 5.38. The van der Waals surface area contributed by atoms with Gasteiger partial charge in [0.05, 0.1) is 5.52 Å². The largest absolute Gasteiger partial charge is 0.256 e. The topological polar surface area (TPSA) is 12.9 Å². The van der Waals surface area contributed by atoms with Crippen LogP contribution < -0.4 is 0 Å². The number of aromatic nitrogens is 1. The summed E-state index contributed by atoms with van der Waals surface area (Å²) in [6.07, 6.45) is 4.16. The lowest BCUT2D eigenvalue weighted by Gasteiger charge is -2.12. The standard InChI is InChI=1S/C19H19N/c1-15(9-10-16-6-3-2-4-7-16)17-11-12-19-18(14-17)8-5-13-20-19/h2-8,11-15H,9-10H2,1H3. The average molecular weight is 261 g/mol. The van der Waals surface area contributed by atoms with Gasteiger partial charge in [0.2, 0.25) is 0 Å². The Morgan fingerprint density at radius 1 is 0.950 bits per heavy atom. The molecule has 0 fully saturated rings. The first-order valence-corrected chi connectivity index (χ1v) is 7.21. The molecule has 100 valence electrons. The first-order chi connectivity index (χ1) is 9.83. The Bertz CT molecular complexity index is 688. The average Bonchev–Trinajstić information content (AvgIpc) is 2.53. The van der Waals surface area contributed by atoms with E-state index in [2.05, 4.69) is 66.5 Å². The zero-order valence-corrected chi connectivity index (χ0v) is 11.8. The van der Waals surface area contributed by atoms with Crippen molar-refractivity contribution >= 4 is 10.9 Å². The van der Waals surface area contributed by atoms with Crippen molar-refractivity contribution in [1.29, 1.82) is 0 Å². The van der Waals surface area contributed by atoms with Gasteiger partial charge in [-0.25, -0.2) is 0 Å². The third-order valence-electron chi connectivity index (χ3n) is 3.90. The summed E-state index contributed by atoms with van der Waals surface area (Å²) in [4.78, 5) is 4.38. The lowest BCUT2D eigenvalue weighted by molar-refractivity contribution is 0.680. The third kappa shape index (κ3) is 2.88. The lowest BCUT2D eigenvalue weighted by atomic mass is 9.93. The molecule has 0 amide bonds. The second-order valence-electron chi connectivity index (χ2n) is 5.38. The Morgan fingerprint density at radius 2 is 1.80 bits per heavy atom. The highest BCUT2D eigenvalue weighted by Crippen LogP contribution is 2.24. The summed E-state index contributed by atoms with van der Waals surface area (Å²) in [5.41, 5.74) is 3.90. The molecule has 1 nitrogen and oxygen atoms in total. The predicted molar refractivity (Wildman–Crippen MR) is 84.9 cm³/mol. The van der Waals surface area contributed by atoms with Gasteiger partial charge in [-0.05, 0) is 48.1 Å². The van der Waals surface area contributed by atoms with Gasteiger partial charge < -0.3 is 0 Å².